The summed E-state index contributed by atoms with van der Waals surface area (Å²) >= 11 is -0.343. The third-order valence-corrected chi connectivity index (χ3v) is 4.22. The van der Waals surface area contributed by atoms with Gasteiger partial charge in [0.1, 0.15) is 0 Å². The highest BCUT2D eigenvalue weighted by atomic mass is 32.3. The molecule has 0 N–H and O–H groups in total. The van der Waals surface area contributed by atoms with Crippen molar-refractivity contribution < 1.29 is 0 Å². The molecule has 0 aromatic rings. The zero-order valence-corrected chi connectivity index (χ0v) is 6.95. The Hall–Kier alpha value is 0.622. The van der Waals surface area contributed by atoms with Crippen LogP contribution in [0.2, 0.25) is 11.6 Å². The lowest BCUT2D eigenvalue weighted by atomic mass is 10.8. The van der Waals surface area contributed by atoms with E-state index >= 15 is 0 Å². The lowest BCUT2D eigenvalue weighted by molar-refractivity contribution is 1.83. The van der Waals surface area contributed by atoms with Crippen molar-refractivity contribution in [2.24, 2.45) is 0 Å². The maximum absolute atomic E-state index is 3.63. The van der Waals surface area contributed by atoms with E-state index < -0.39 is 0 Å². The summed E-state index contributed by atoms with van der Waals surface area (Å²) in [5.74, 6) is 5.80. The summed E-state index contributed by atoms with van der Waals surface area (Å²) in [6.07, 6.45) is 1.97. The van der Waals surface area contributed by atoms with Crippen molar-refractivity contribution in [3.8, 4) is 0 Å². The average Bonchev–Trinajstić information content (AvgIpc) is 1.61. The topological polar surface area (TPSA) is 0 Å². The van der Waals surface area contributed by atoms with Crippen molar-refractivity contribution in [2.75, 3.05) is 5.75 Å². The molecule has 0 amide bonds. The van der Waals surface area contributed by atoms with Crippen LogP contribution >= 0.6 is 10.1 Å². The molecule has 0 aromatic heterocycles. The van der Waals surface area contributed by atoms with Gasteiger partial charge in [-0.3, -0.25) is 10.1 Å². The summed E-state index contributed by atoms with van der Waals surface area (Å²) in [7, 11) is 2.05. The third-order valence-electron chi connectivity index (χ3n) is 0.547. The highest BCUT2D eigenvalue weighted by molar-refractivity contribution is 8.25. The molecule has 0 radical (unpaired) electrons. The third kappa shape index (κ3) is 6.62. The van der Waals surface area contributed by atoms with E-state index in [2.05, 4.69) is 28.3 Å². The summed E-state index contributed by atoms with van der Waals surface area (Å²) < 4.78 is 0. The molecule has 0 nitrogen and oxygen atoms in total. The molecule has 0 aliphatic rings. The van der Waals surface area contributed by atoms with Crippen LogP contribution in [-0.4, -0.2) is 18.8 Å². The molecule has 0 unspecified atom stereocenters. The van der Waals surface area contributed by atoms with Crippen LogP contribution in [0.4, 0.5) is 0 Å². The molecule has 0 saturated carbocycles. The monoisotopic (exact) mass is 130 g/mol. The quantitative estimate of drug-likeness (QED) is 0.416. The molecule has 0 bridgehead atoms. The van der Waals surface area contributed by atoms with Crippen LogP contribution in [0.5, 0.6) is 0 Å². The minimum Gasteiger partial charge on any atom is -0.252 e. The minimum atomic E-state index is -0.343. The van der Waals surface area contributed by atoms with Crippen molar-refractivity contribution in [3.63, 3.8) is 0 Å². The van der Waals surface area contributed by atoms with Gasteiger partial charge in [0, 0.05) is 0 Å². The normalized spacial score (nSPS) is 8.29. The predicted octanol–water partition coefficient (Wildman–Crippen LogP) is 2.16. The van der Waals surface area contributed by atoms with Crippen LogP contribution in [0.1, 0.15) is 0 Å². The van der Waals surface area contributed by atoms with E-state index in [1.165, 1.54) is 0 Å². The van der Waals surface area contributed by atoms with Crippen LogP contribution in [-0.2, 0) is 0 Å². The first kappa shape index (κ1) is 7.62. The van der Waals surface area contributed by atoms with E-state index in [0.29, 0.717) is 0 Å². The average molecular weight is 130 g/mol. The first-order valence-corrected chi connectivity index (χ1v) is 7.27. The van der Waals surface area contributed by atoms with Gasteiger partial charge in [0.15, 0.2) is 0 Å². The van der Waals surface area contributed by atoms with Crippen molar-refractivity contribution in [1.29, 1.82) is 0 Å². The molecule has 0 fully saturated rings. The van der Waals surface area contributed by atoms with Gasteiger partial charge in [-0.1, -0.05) is 17.6 Å². The van der Waals surface area contributed by atoms with Gasteiger partial charge in [-0.15, -0.1) is 6.58 Å². The van der Waals surface area contributed by atoms with Gasteiger partial charge in [0.05, 0.1) is 0 Å². The molecule has 0 aliphatic carbocycles. The van der Waals surface area contributed by atoms with E-state index in [9.17, 15) is 0 Å². The summed E-state index contributed by atoms with van der Waals surface area (Å²) in [6.45, 7) is 3.63. The smallest absolute Gasteiger partial charge is 0.252 e. The first-order chi connectivity index (χ1) is 3.27. The van der Waals surface area contributed by atoms with Crippen LogP contribution < -0.4 is 0 Å². The van der Waals surface area contributed by atoms with Crippen molar-refractivity contribution >= 4 is 23.1 Å². The lowest BCUT2D eigenvalue weighted by Gasteiger charge is -1.91. The van der Waals surface area contributed by atoms with E-state index in [0.717, 1.165) is 5.75 Å². The highest BCUT2D eigenvalue weighted by Crippen LogP contribution is 2.03. The van der Waals surface area contributed by atoms with Gasteiger partial charge in [-0.25, -0.2) is 0 Å². The molecule has 0 saturated heterocycles. The van der Waals surface area contributed by atoms with Crippen molar-refractivity contribution in [3.05, 3.63) is 12.7 Å². The summed E-state index contributed by atoms with van der Waals surface area (Å²) in [4.78, 5) is 0. The van der Waals surface area contributed by atoms with Gasteiger partial charge in [-0.05, 0) is 5.75 Å². The van der Waals surface area contributed by atoms with Crippen LogP contribution in [0.3, 0.4) is 0 Å². The number of rotatable bonds is 3. The lowest BCUT2D eigenvalue weighted by Crippen LogP contribution is -1.91. The maximum Gasteiger partial charge on any atom is 0.343 e. The van der Waals surface area contributed by atoms with Crippen LogP contribution in [0, 0.1) is 0 Å². The second-order valence-corrected chi connectivity index (χ2v) is 8.26. The highest BCUT2D eigenvalue weighted by Gasteiger charge is 1.97. The summed E-state index contributed by atoms with van der Waals surface area (Å²) in [5.41, 5.74) is 0. The zero-order valence-electron chi connectivity index (χ0n) is 4.98. The minimum absolute atomic E-state index is 0.343. The van der Waals surface area contributed by atoms with Gasteiger partial charge < -0.3 is 0 Å². The Bertz CT molecular complexity index is 52.0. The SMILES string of the molecule is C=CC[S][Al]([CH3])[CH3]. The van der Waals surface area contributed by atoms with Crippen molar-refractivity contribution in [1.82, 2.24) is 0 Å². The first-order valence-electron chi connectivity index (χ1n) is 2.50. The van der Waals surface area contributed by atoms with Crippen LogP contribution in [0.25, 0.3) is 0 Å². The largest absolute Gasteiger partial charge is 0.343 e. The molecule has 0 aliphatic heterocycles. The van der Waals surface area contributed by atoms with E-state index in [4.69, 9.17) is 0 Å². The van der Waals surface area contributed by atoms with Gasteiger partial charge in [0.25, 0.3) is 0 Å². The van der Waals surface area contributed by atoms with E-state index in [1.54, 1.807) is 0 Å². The zero-order chi connectivity index (χ0) is 5.70. The van der Waals surface area contributed by atoms with Crippen LogP contribution in [0.15, 0.2) is 12.7 Å². The molecule has 40 valence electrons. The molecular weight excluding hydrogens is 119 g/mol. The number of hydrogen-bond acceptors (Lipinski definition) is 1. The van der Waals surface area contributed by atoms with E-state index in [-0.39, 0.29) is 13.0 Å². The molecular formula is C5H11AlS. The molecule has 0 rings (SSSR count). The Morgan fingerprint density at radius 3 is 2.43 bits per heavy atom. The molecule has 2 heteroatoms. The Balaban J connectivity index is 2.81. The standard InChI is InChI=1S/C3H6S.2CH3.Al/c1-2-3-4;;;/h2,4H,1,3H2;2*1H3;/q;;;+1/p-1. The second kappa shape index (κ2) is 4.77. The Morgan fingerprint density at radius 2 is 2.29 bits per heavy atom. The molecule has 0 atom stereocenters. The fraction of sp³-hybridized carbons (Fsp3) is 0.600. The second-order valence-electron chi connectivity index (χ2n) is 1.67. The van der Waals surface area contributed by atoms with Crippen molar-refractivity contribution in [2.45, 2.75) is 11.6 Å². The van der Waals surface area contributed by atoms with Gasteiger partial charge in [-0.2, -0.15) is 0 Å². The van der Waals surface area contributed by atoms with Gasteiger partial charge >= 0.3 is 13.0 Å². The number of hydrogen-bond donors (Lipinski definition) is 0. The fourth-order valence-corrected chi connectivity index (χ4v) is 2.34. The van der Waals surface area contributed by atoms with E-state index in [1.807, 2.05) is 6.08 Å². The Labute approximate surface area is 53.4 Å². The predicted molar refractivity (Wildman–Crippen MR) is 40.1 cm³/mol. The summed E-state index contributed by atoms with van der Waals surface area (Å²) in [5, 5.41) is 0. The Kier molecular flexibility index (Phi) is 5.20. The fourth-order valence-electron chi connectivity index (χ4n) is 0.260. The molecule has 7 heavy (non-hydrogen) atoms. The maximum atomic E-state index is 3.63. The van der Waals surface area contributed by atoms with Gasteiger partial charge in [0.2, 0.25) is 0 Å². The molecule has 0 spiro atoms. The molecule has 0 aromatic carbocycles. The summed E-state index contributed by atoms with van der Waals surface area (Å²) in [6, 6.07) is 0. The molecule has 0 heterocycles. The Morgan fingerprint density at radius 1 is 1.71 bits per heavy atom.